The van der Waals surface area contributed by atoms with Crippen molar-refractivity contribution in [2.75, 3.05) is 0 Å². The van der Waals surface area contributed by atoms with Crippen LogP contribution in [-0.2, 0) is 50.9 Å². The zero-order valence-corrected chi connectivity index (χ0v) is 20.5. The van der Waals surface area contributed by atoms with Gasteiger partial charge in [0.2, 0.25) is 34.8 Å². The van der Waals surface area contributed by atoms with Gasteiger partial charge in [0.1, 0.15) is 4.88 Å². The van der Waals surface area contributed by atoms with E-state index < -0.39 is 40.8 Å². The Kier molecular flexibility index (Phi) is 15.2. The minimum absolute atomic E-state index is 0. The van der Waals surface area contributed by atoms with Crippen LogP contribution < -0.4 is 4.74 Å². The van der Waals surface area contributed by atoms with E-state index in [-0.39, 0.29) is 63.9 Å². The van der Waals surface area contributed by atoms with Crippen LogP contribution in [0.4, 0.5) is 22.0 Å². The maximum atomic E-state index is 13.6. The Morgan fingerprint density at radius 3 is 2.00 bits per heavy atom. The van der Waals surface area contributed by atoms with E-state index in [1.807, 2.05) is 13.8 Å². The molecule has 2 radical (unpaired) electrons. The zero-order chi connectivity index (χ0) is 21.0. The Hall–Kier alpha value is -0.649. The predicted molar refractivity (Wildman–Crippen MR) is 102 cm³/mol. The minimum Gasteiger partial charge on any atom is -0.416 e. The fraction of sp³-hybridized carbons (Fsp3) is 0.167. The van der Waals surface area contributed by atoms with E-state index >= 15 is 0 Å². The molecule has 13 heteroatoms. The average molecular weight is 670 g/mol. The molecule has 0 bridgehead atoms. The molecule has 0 aliphatic carbocycles. The second kappa shape index (κ2) is 14.5. The number of rotatable bonds is 4. The molecule has 2 aromatic carbocycles. The van der Waals surface area contributed by atoms with Crippen LogP contribution in [-0.4, -0.2) is 16.3 Å². The summed E-state index contributed by atoms with van der Waals surface area (Å²) in [7, 11) is -0.290. The number of carbonyl (C=O) groups excluding carboxylic acids is 1. The Labute approximate surface area is 211 Å². The first-order chi connectivity index (χ1) is 13.3. The number of benzene rings is 2. The number of hydrogen-bond donors (Lipinski definition) is 1. The third-order valence-electron chi connectivity index (χ3n) is 3.43. The number of fused-ring (bicyclic) bond motifs is 1. The van der Waals surface area contributed by atoms with Crippen LogP contribution in [0, 0.1) is 29.1 Å². The Bertz CT molecular complexity index is 1010. The molecule has 0 saturated carbocycles. The van der Waals surface area contributed by atoms with E-state index in [2.05, 4.69) is 4.74 Å². The van der Waals surface area contributed by atoms with Crippen molar-refractivity contribution in [1.82, 2.24) is 0 Å². The summed E-state index contributed by atoms with van der Waals surface area (Å²) in [5.41, 5.74) is 0.816. The first-order valence-corrected chi connectivity index (χ1v) is 9.93. The van der Waals surface area contributed by atoms with E-state index in [1.54, 1.807) is 18.2 Å². The second-order valence-corrected chi connectivity index (χ2v) is 6.86. The predicted octanol–water partition coefficient (Wildman–Crippen LogP) is 5.10. The van der Waals surface area contributed by atoms with Crippen LogP contribution in [0.3, 0.4) is 0 Å². The summed E-state index contributed by atoms with van der Waals surface area (Å²) in [4.78, 5) is 21.0. The maximum Gasteiger partial charge on any atom is 0.353 e. The van der Waals surface area contributed by atoms with Crippen molar-refractivity contribution in [1.29, 1.82) is 0 Å². The normalized spacial score (nSPS) is 9.94. The van der Waals surface area contributed by atoms with Crippen molar-refractivity contribution in [3.63, 3.8) is 0 Å². The van der Waals surface area contributed by atoms with Crippen LogP contribution in [0.15, 0.2) is 24.3 Å². The number of thiophene rings is 1. The van der Waals surface area contributed by atoms with E-state index in [9.17, 15) is 26.7 Å². The van der Waals surface area contributed by atoms with Crippen molar-refractivity contribution < 1.29 is 86.6 Å². The molecule has 0 aliphatic heterocycles. The molecule has 1 unspecified atom stereocenters. The van der Waals surface area contributed by atoms with E-state index in [0.717, 1.165) is 16.9 Å². The first-order valence-electron chi connectivity index (χ1n) is 7.96. The van der Waals surface area contributed by atoms with Crippen molar-refractivity contribution >= 4 is 36.2 Å². The van der Waals surface area contributed by atoms with Crippen molar-refractivity contribution in [3.8, 4) is 5.75 Å². The van der Waals surface area contributed by atoms with Crippen molar-refractivity contribution in [2.45, 2.75) is 20.0 Å². The second-order valence-electron chi connectivity index (χ2n) is 5.11. The molecule has 0 aliphatic rings. The van der Waals surface area contributed by atoms with Crippen molar-refractivity contribution in [3.05, 3.63) is 63.8 Å². The van der Waals surface area contributed by atoms with Gasteiger partial charge in [-0.25, -0.2) is 18.0 Å². The van der Waals surface area contributed by atoms with Crippen LogP contribution in [0.1, 0.15) is 29.1 Å². The molecule has 0 saturated heterocycles. The molecule has 3 rings (SSSR count). The molecule has 0 amide bonds. The molecule has 4 nitrogen and oxygen atoms in total. The molecule has 180 valence electrons. The Morgan fingerprint density at radius 1 is 0.968 bits per heavy atom. The van der Waals surface area contributed by atoms with Crippen LogP contribution in [0.5, 0.6) is 5.75 Å². The van der Waals surface area contributed by atoms with Gasteiger partial charge in [-0.3, -0.25) is 0 Å². The van der Waals surface area contributed by atoms with Crippen LogP contribution in [0.2, 0.25) is 0 Å². The smallest absolute Gasteiger partial charge is 0.353 e. The Morgan fingerprint density at radius 2 is 1.48 bits per heavy atom. The van der Waals surface area contributed by atoms with Gasteiger partial charge in [0.15, 0.2) is 0 Å². The summed E-state index contributed by atoms with van der Waals surface area (Å²) in [5.74, 6) is -14.1. The fourth-order valence-corrected chi connectivity index (χ4v) is 3.53. The number of ether oxygens (including phenoxy) is 1. The molecular formula is C18H16Ag2F5O4PS. The minimum atomic E-state index is -2.33. The molecular weight excluding hydrogens is 654 g/mol. The van der Waals surface area contributed by atoms with Crippen LogP contribution in [0.25, 0.3) is 10.1 Å². The summed E-state index contributed by atoms with van der Waals surface area (Å²) in [6, 6.07) is 6.51. The van der Waals surface area contributed by atoms with Gasteiger partial charge in [0.25, 0.3) is 0 Å². The van der Waals surface area contributed by atoms with Crippen molar-refractivity contribution in [2.24, 2.45) is 0 Å². The summed E-state index contributed by atoms with van der Waals surface area (Å²) in [5, 5.41) is 0.620. The largest absolute Gasteiger partial charge is 0.416 e. The van der Waals surface area contributed by atoms with E-state index in [4.69, 9.17) is 4.89 Å². The van der Waals surface area contributed by atoms with Gasteiger partial charge in [-0.1, -0.05) is 19.9 Å². The molecule has 1 aromatic heterocycles. The van der Waals surface area contributed by atoms with Gasteiger partial charge in [0, 0.05) is 64.4 Å². The van der Waals surface area contributed by atoms with Gasteiger partial charge in [-0.05, 0) is 29.1 Å². The summed E-state index contributed by atoms with van der Waals surface area (Å²) >= 11 is 0.933. The monoisotopic (exact) mass is 668 g/mol. The molecule has 0 fully saturated rings. The van der Waals surface area contributed by atoms with Gasteiger partial charge >= 0.3 is 5.97 Å². The number of hydrogen-bond acceptors (Lipinski definition) is 4. The first kappa shape index (κ1) is 32.5. The van der Waals surface area contributed by atoms with Gasteiger partial charge in [0.05, 0.1) is 0 Å². The van der Waals surface area contributed by atoms with Gasteiger partial charge in [-0.15, -0.1) is 11.3 Å². The standard InChI is InChI=1S/C16H8F5O3PS.C2H6.2Ag.H2O/c17-10-11(18)13(20)15(14(21)12(10)19)24-16(22)9-4-7-3-6(5-25-23)1-2-8(7)26-9;1-2;;;/h1-4,23,25H,5H2;1-2H3;;;1H2. The quantitative estimate of drug-likeness (QED) is 0.0800. The summed E-state index contributed by atoms with van der Waals surface area (Å²) in [6.45, 7) is 4.00. The number of carbonyl (C=O) groups is 1. The van der Waals surface area contributed by atoms with Gasteiger partial charge in [-0.2, -0.15) is 8.78 Å². The Balaban J connectivity index is 0. The molecule has 0 spiro atoms. The molecule has 3 aromatic rings. The van der Waals surface area contributed by atoms with E-state index in [1.165, 1.54) is 6.07 Å². The summed E-state index contributed by atoms with van der Waals surface area (Å²) < 4.78 is 71.6. The zero-order valence-electron chi connectivity index (χ0n) is 15.7. The molecule has 1 atom stereocenters. The summed E-state index contributed by atoms with van der Waals surface area (Å²) in [6.07, 6.45) is 0.427. The number of halogens is 5. The third-order valence-corrected chi connectivity index (χ3v) is 5.09. The third kappa shape index (κ3) is 7.17. The van der Waals surface area contributed by atoms with E-state index in [0.29, 0.717) is 16.2 Å². The average Bonchev–Trinajstić information content (AvgIpc) is 3.13. The topological polar surface area (TPSA) is 78.0 Å². The molecule has 1 heterocycles. The molecule has 3 N–H and O–H groups in total. The maximum absolute atomic E-state index is 13.6. The van der Waals surface area contributed by atoms with Gasteiger partial charge < -0.3 is 15.1 Å². The SMILES string of the molecule is CC.O.O=C(Oc1c(F)c(F)c(F)c(F)c1F)c1cc2cc(CPO)ccc2s1.[Ag].[Ag]. The molecule has 31 heavy (non-hydrogen) atoms. The number of esters is 1. The fourth-order valence-electron chi connectivity index (χ4n) is 2.21. The van der Waals surface area contributed by atoms with Crippen LogP contribution >= 0.6 is 20.1 Å².